The van der Waals surface area contributed by atoms with Crippen molar-refractivity contribution in [2.45, 2.75) is 110 Å². The van der Waals surface area contributed by atoms with Crippen LogP contribution in [0.3, 0.4) is 0 Å². The monoisotopic (exact) mass is 840 g/mol. The molecule has 0 saturated carbocycles. The molecule has 0 unspecified atom stereocenters. The zero-order valence-electron chi connectivity index (χ0n) is 34.7. The summed E-state index contributed by atoms with van der Waals surface area (Å²) in [7, 11) is 0. The van der Waals surface area contributed by atoms with Crippen molar-refractivity contribution >= 4 is 42.0 Å². The van der Waals surface area contributed by atoms with E-state index in [1.807, 2.05) is 54.7 Å². The number of nitrogen functional groups attached to an aromatic ring is 2. The Bertz CT molecular complexity index is 2110. The van der Waals surface area contributed by atoms with Gasteiger partial charge in [0.15, 0.2) is 11.7 Å². The number of rotatable bonds is 19. The van der Waals surface area contributed by atoms with Crippen LogP contribution in [-0.4, -0.2) is 64.3 Å². The first-order valence-corrected chi connectivity index (χ1v) is 19.7. The van der Waals surface area contributed by atoms with Gasteiger partial charge in [-0.15, -0.1) is 29.8 Å². The van der Waals surface area contributed by atoms with Gasteiger partial charge in [-0.1, -0.05) is 71.0 Å². The second kappa shape index (κ2) is 27.3. The van der Waals surface area contributed by atoms with E-state index < -0.39 is 11.7 Å². The number of H-pyrrole nitrogens is 1. The summed E-state index contributed by atoms with van der Waals surface area (Å²) < 4.78 is 8.07. The summed E-state index contributed by atoms with van der Waals surface area (Å²) in [6, 6.07) is 20.2. The van der Waals surface area contributed by atoms with Crippen LogP contribution in [0.4, 0.5) is 16.7 Å². The van der Waals surface area contributed by atoms with E-state index in [-0.39, 0.29) is 36.5 Å². The Labute approximate surface area is 357 Å². The summed E-state index contributed by atoms with van der Waals surface area (Å²) in [6.07, 6.45) is 19.2. The minimum absolute atomic E-state index is 0. The van der Waals surface area contributed by atoms with Crippen LogP contribution in [0.1, 0.15) is 93.9 Å². The van der Waals surface area contributed by atoms with Gasteiger partial charge in [0.05, 0.1) is 24.1 Å². The fourth-order valence-electron chi connectivity index (χ4n) is 5.61. The minimum Gasteiger partial charge on any atom is -0.443 e. The lowest BCUT2D eigenvalue weighted by molar-refractivity contribution is -0.120. The molecule has 3 aromatic heterocycles. The SMILES string of the molecule is C#CCCCc1cn(C(=O)OC(C)(C)C)c(N)n1.Cl.Nc1ncc(CCCc2cn(CC(=O)CCCc3ccccc3)nn2)[nH]1.[N-]=[N+]=NCC(=O)CCCc1ccccc1. The summed E-state index contributed by atoms with van der Waals surface area (Å²) in [4.78, 5) is 48.7. The predicted octanol–water partition coefficient (Wildman–Crippen LogP) is 7.87. The molecular weight excluding hydrogens is 784 g/mol. The lowest BCUT2D eigenvalue weighted by Gasteiger charge is -2.19. The zero-order chi connectivity index (χ0) is 42.9. The quantitative estimate of drug-likeness (QED) is 0.0239. The average Bonchev–Trinajstić information content (AvgIpc) is 3.94. The molecule has 0 bridgehead atoms. The molecule has 0 atom stereocenters. The molecule has 0 radical (unpaired) electrons. The molecule has 2 aromatic carbocycles. The van der Waals surface area contributed by atoms with Crippen molar-refractivity contribution in [3.05, 3.63) is 118 Å². The number of Topliss-reactive ketones (excluding diaryl/α,β-unsaturated/α-hetero) is 2. The zero-order valence-corrected chi connectivity index (χ0v) is 35.5. The van der Waals surface area contributed by atoms with Crippen LogP contribution in [0.5, 0.6) is 0 Å². The van der Waals surface area contributed by atoms with Gasteiger partial charge in [-0.25, -0.2) is 24.0 Å². The van der Waals surface area contributed by atoms with E-state index in [4.69, 9.17) is 28.2 Å². The molecule has 0 spiro atoms. The number of nitrogens with two attached hydrogens (primary N) is 2. The average molecular weight is 841 g/mol. The summed E-state index contributed by atoms with van der Waals surface area (Å²) in [5, 5.41) is 11.4. The van der Waals surface area contributed by atoms with Crippen LogP contribution >= 0.6 is 12.4 Å². The number of hydrogen-bond donors (Lipinski definition) is 3. The molecule has 0 fully saturated rings. The topological polar surface area (TPSA) is 238 Å². The largest absolute Gasteiger partial charge is 0.443 e. The number of carbonyl (C=O) groups is 3. The number of nitrogens with one attached hydrogen (secondary N) is 1. The van der Waals surface area contributed by atoms with E-state index in [0.717, 1.165) is 68.4 Å². The number of imidazole rings is 2. The minimum atomic E-state index is -0.558. The first-order chi connectivity index (χ1) is 28.3. The number of nitrogens with zero attached hydrogens (tertiary/aromatic N) is 9. The third kappa shape index (κ3) is 20.8. The second-order valence-corrected chi connectivity index (χ2v) is 14.7. The third-order valence-corrected chi connectivity index (χ3v) is 8.42. The smallest absolute Gasteiger partial charge is 0.421 e. The second-order valence-electron chi connectivity index (χ2n) is 14.7. The predicted molar refractivity (Wildman–Crippen MR) is 235 cm³/mol. The molecule has 0 amide bonds. The summed E-state index contributed by atoms with van der Waals surface area (Å²) in [5.74, 6) is 3.32. The van der Waals surface area contributed by atoms with Gasteiger partial charge in [0.2, 0.25) is 5.95 Å². The maximum absolute atomic E-state index is 12.1. The first kappa shape index (κ1) is 49.7. The summed E-state index contributed by atoms with van der Waals surface area (Å²) >= 11 is 0. The van der Waals surface area contributed by atoms with Crippen LogP contribution in [0.25, 0.3) is 10.4 Å². The number of anilines is 2. The Balaban J connectivity index is 0.000000322. The van der Waals surface area contributed by atoms with Gasteiger partial charge in [-0.3, -0.25) is 9.59 Å². The molecule has 0 aliphatic rings. The molecular formula is C43H57ClN12O4. The van der Waals surface area contributed by atoms with Crippen molar-refractivity contribution in [1.29, 1.82) is 0 Å². The Hall–Kier alpha value is -6.43. The van der Waals surface area contributed by atoms with Crippen molar-refractivity contribution in [3.63, 3.8) is 0 Å². The van der Waals surface area contributed by atoms with Crippen molar-refractivity contribution in [1.82, 2.24) is 34.5 Å². The Morgan fingerprint density at radius 1 is 0.867 bits per heavy atom. The van der Waals surface area contributed by atoms with E-state index in [2.05, 4.69) is 53.3 Å². The molecule has 5 rings (SSSR count). The normalized spacial score (nSPS) is 10.4. The van der Waals surface area contributed by atoms with Crippen LogP contribution in [0.2, 0.25) is 0 Å². The van der Waals surface area contributed by atoms with Crippen LogP contribution in [-0.2, 0) is 53.0 Å². The molecule has 3 heterocycles. The van der Waals surface area contributed by atoms with Gasteiger partial charge in [0.1, 0.15) is 17.9 Å². The van der Waals surface area contributed by atoms with Crippen molar-refractivity contribution in [2.75, 3.05) is 18.0 Å². The molecule has 5 N–H and O–H groups in total. The number of hydrogen-bond acceptors (Lipinski definition) is 11. The number of ether oxygens (including phenoxy) is 1. The van der Waals surface area contributed by atoms with Gasteiger partial charge in [-0.2, -0.15) is 0 Å². The highest BCUT2D eigenvalue weighted by Crippen LogP contribution is 2.14. The maximum atomic E-state index is 12.1. The number of unbranched alkanes of at least 4 members (excludes halogenated alkanes) is 1. The molecule has 320 valence electrons. The Morgan fingerprint density at radius 3 is 2.05 bits per heavy atom. The number of benzene rings is 2. The van der Waals surface area contributed by atoms with Crippen molar-refractivity contribution in [3.8, 4) is 12.3 Å². The number of azide groups is 1. The highest BCUT2D eigenvalue weighted by Gasteiger charge is 2.20. The summed E-state index contributed by atoms with van der Waals surface area (Å²) in [6.45, 7) is 5.66. The van der Waals surface area contributed by atoms with Crippen LogP contribution in [0, 0.1) is 12.3 Å². The lowest BCUT2D eigenvalue weighted by Crippen LogP contribution is -2.27. The van der Waals surface area contributed by atoms with Gasteiger partial charge in [-0.05, 0) is 95.2 Å². The fourth-order valence-corrected chi connectivity index (χ4v) is 5.61. The number of aromatic nitrogens is 7. The number of terminal acetylenes is 1. The highest BCUT2D eigenvalue weighted by atomic mass is 35.5. The molecule has 60 heavy (non-hydrogen) atoms. The van der Waals surface area contributed by atoms with E-state index in [0.29, 0.717) is 38.2 Å². The van der Waals surface area contributed by atoms with Gasteiger partial charge < -0.3 is 21.2 Å². The lowest BCUT2D eigenvalue weighted by atomic mass is 10.1. The van der Waals surface area contributed by atoms with E-state index in [1.54, 1.807) is 37.8 Å². The number of aromatic amines is 1. The highest BCUT2D eigenvalue weighted by molar-refractivity contribution is 5.85. The van der Waals surface area contributed by atoms with Crippen molar-refractivity contribution in [2.24, 2.45) is 5.11 Å². The number of carbonyl (C=O) groups excluding carboxylic acids is 3. The number of halogens is 1. The number of aryl methyl sites for hydroxylation is 5. The van der Waals surface area contributed by atoms with E-state index in [9.17, 15) is 14.4 Å². The molecule has 0 saturated heterocycles. The van der Waals surface area contributed by atoms with Gasteiger partial charge in [0, 0.05) is 42.3 Å². The Morgan fingerprint density at radius 2 is 1.48 bits per heavy atom. The summed E-state index contributed by atoms with van der Waals surface area (Å²) in [5.41, 5.74) is 23.9. The van der Waals surface area contributed by atoms with Gasteiger partial charge in [0.25, 0.3) is 0 Å². The molecule has 5 aromatic rings. The van der Waals surface area contributed by atoms with Crippen LogP contribution < -0.4 is 11.5 Å². The van der Waals surface area contributed by atoms with E-state index >= 15 is 0 Å². The third-order valence-electron chi connectivity index (χ3n) is 8.42. The van der Waals surface area contributed by atoms with E-state index in [1.165, 1.54) is 15.7 Å². The number of ketones is 2. The Kier molecular flexibility index (Phi) is 22.6. The van der Waals surface area contributed by atoms with Crippen LogP contribution in [0.15, 0.2) is 84.4 Å². The maximum Gasteiger partial charge on any atom is 0.421 e. The molecule has 0 aliphatic carbocycles. The fraction of sp³-hybridized carbons (Fsp3) is 0.419. The molecule has 0 aliphatic heterocycles. The van der Waals surface area contributed by atoms with Crippen molar-refractivity contribution < 1.29 is 19.1 Å². The van der Waals surface area contributed by atoms with Gasteiger partial charge >= 0.3 is 6.09 Å². The first-order valence-electron chi connectivity index (χ1n) is 19.7. The molecule has 17 heteroatoms. The molecule has 16 nitrogen and oxygen atoms in total. The standard InChI is InChI=1S/C19H24N6O.C13H19N3O2.C11H13N3O.ClH/c20-19-21-12-16(22-19)9-5-10-17-13-25(24-23-17)14-18(26)11-4-8-15-6-2-1-3-7-15;1-5-6-7-8-10-9-16(11(14)15-10)12(17)18-13(2,3)4;12-14-13-9-11(15)8-4-7-10-5-2-1-3-6-10;/h1-3,6-7,12-13H,4-5,8-11,14H2,(H3,20,21,22);1,9H,6-8H2,2-4H3,(H2,14,15);1-3,5-6H,4,7-9H2;1H.